The number of nitrogens with one attached hydrogen (secondary N) is 1. The zero-order chi connectivity index (χ0) is 17.4. The van der Waals surface area contributed by atoms with Crippen molar-refractivity contribution in [2.24, 2.45) is 0 Å². The van der Waals surface area contributed by atoms with Gasteiger partial charge in [-0.3, -0.25) is 20.2 Å². The highest BCUT2D eigenvalue weighted by Gasteiger charge is 2.69. The largest absolute Gasteiger partial charge is 0.454 e. The van der Waals surface area contributed by atoms with Crippen LogP contribution in [0.15, 0.2) is 42.2 Å². The van der Waals surface area contributed by atoms with Gasteiger partial charge >= 0.3 is 5.54 Å². The number of hydrogen-bond donors (Lipinski definition) is 1. The number of fused-ring (bicyclic) bond motifs is 2. The molecule has 24 heavy (non-hydrogen) atoms. The number of nitro groups is 2. The quantitative estimate of drug-likeness (QED) is 0.631. The summed E-state index contributed by atoms with van der Waals surface area (Å²) in [6, 6.07) is 8.83. The maximum Gasteiger partial charge on any atom is 0.332 e. The Morgan fingerprint density at radius 3 is 2.46 bits per heavy atom. The molecule has 0 saturated carbocycles. The molecule has 1 aromatic rings. The van der Waals surface area contributed by atoms with E-state index in [1.165, 1.54) is 0 Å². The van der Waals surface area contributed by atoms with Gasteiger partial charge in [-0.25, -0.2) is 0 Å². The topological polar surface area (TPSA) is 100.0 Å². The summed E-state index contributed by atoms with van der Waals surface area (Å²) in [6.45, 7) is 2.99. The maximum atomic E-state index is 12.0. The summed E-state index contributed by atoms with van der Waals surface area (Å²) in [5.41, 5.74) is -2.84. The van der Waals surface area contributed by atoms with Crippen LogP contribution in [-0.4, -0.2) is 40.6 Å². The van der Waals surface area contributed by atoms with Gasteiger partial charge in [0.2, 0.25) is 0 Å². The first-order chi connectivity index (χ1) is 11.4. The number of likely N-dealkylation sites (tertiary alicyclic amines) is 1. The third-order valence-electron chi connectivity index (χ3n) is 5.08. The van der Waals surface area contributed by atoms with Gasteiger partial charge in [-0.05, 0) is 25.1 Å². The molecule has 128 valence electrons. The lowest BCUT2D eigenvalue weighted by Gasteiger charge is -2.42. The minimum atomic E-state index is -1.55. The minimum Gasteiger partial charge on any atom is -0.454 e. The lowest BCUT2D eigenvalue weighted by atomic mass is 9.71. The predicted octanol–water partition coefficient (Wildman–Crippen LogP) is 0.693. The Balaban J connectivity index is 2.04. The van der Waals surface area contributed by atoms with Gasteiger partial charge in [0, 0.05) is 16.3 Å². The van der Waals surface area contributed by atoms with Crippen LogP contribution >= 0.6 is 0 Å². The Labute approximate surface area is 139 Å². The van der Waals surface area contributed by atoms with Crippen molar-refractivity contribution in [2.45, 2.75) is 30.8 Å². The van der Waals surface area contributed by atoms with Crippen LogP contribution in [-0.2, 0) is 0 Å². The Bertz CT molecular complexity index is 692. The number of piperidine rings is 1. The number of likely N-dealkylation sites (N-methyl/N-ethyl adjacent to an activating group) is 1. The monoisotopic (exact) mass is 334 g/mol. The van der Waals surface area contributed by atoms with Crippen LogP contribution in [0.5, 0.6) is 5.75 Å². The van der Waals surface area contributed by atoms with Crippen molar-refractivity contribution in [3.63, 3.8) is 0 Å². The van der Waals surface area contributed by atoms with Gasteiger partial charge in [0.05, 0.1) is 6.54 Å². The molecule has 0 radical (unpaired) electrons. The molecule has 3 unspecified atom stereocenters. The van der Waals surface area contributed by atoms with Gasteiger partial charge < -0.3 is 9.64 Å². The van der Waals surface area contributed by atoms with Gasteiger partial charge in [-0.1, -0.05) is 18.2 Å². The van der Waals surface area contributed by atoms with Crippen molar-refractivity contribution < 1.29 is 19.5 Å². The Morgan fingerprint density at radius 2 is 1.88 bits per heavy atom. The molecule has 0 aromatic heterocycles. The molecule has 1 aromatic carbocycles. The number of hydrogen-bond acceptors (Lipinski definition) is 5. The molecule has 0 amide bonds. The van der Waals surface area contributed by atoms with E-state index in [1.54, 1.807) is 30.3 Å². The second kappa shape index (κ2) is 5.86. The summed E-state index contributed by atoms with van der Waals surface area (Å²) >= 11 is 0. The van der Waals surface area contributed by atoms with E-state index in [1.807, 2.05) is 13.0 Å². The van der Waals surface area contributed by atoms with Gasteiger partial charge in [0.1, 0.15) is 18.7 Å². The average molecular weight is 334 g/mol. The molecule has 2 bridgehead atoms. The normalized spacial score (nSPS) is 31.9. The van der Waals surface area contributed by atoms with Crippen LogP contribution in [0, 0.1) is 20.2 Å². The van der Waals surface area contributed by atoms with Crippen LogP contribution in [0.2, 0.25) is 0 Å². The molecule has 3 rings (SSSR count). The molecule has 1 fully saturated rings. The van der Waals surface area contributed by atoms with E-state index < -0.39 is 16.0 Å². The van der Waals surface area contributed by atoms with E-state index in [2.05, 4.69) is 0 Å². The van der Waals surface area contributed by atoms with Gasteiger partial charge in [0.15, 0.2) is 12.3 Å². The number of ether oxygens (including phenoxy) is 1. The standard InChI is InChI=1S/C16H19N3O5/c1-2-17-11-15(18(20)21)9-8-14(16(10-15,12-17)19(22)23)24-13-6-4-3-5-7-13/h3-8H,2,9-12H2,1H3/p+1. The van der Waals surface area contributed by atoms with Crippen molar-refractivity contribution in [2.75, 3.05) is 19.6 Å². The molecular weight excluding hydrogens is 314 g/mol. The van der Waals surface area contributed by atoms with Crippen LogP contribution in [0.3, 0.4) is 0 Å². The number of para-hydroxylation sites is 1. The SMILES string of the molecule is CC[NH+]1CC2([N+](=O)[O-])CC=C(Oc3ccccc3)C([N+](=O)[O-])(C1)C2. The third-order valence-corrected chi connectivity index (χ3v) is 5.08. The van der Waals surface area contributed by atoms with Gasteiger partial charge in [-0.2, -0.15) is 0 Å². The number of benzene rings is 1. The van der Waals surface area contributed by atoms with E-state index in [0.717, 1.165) is 4.90 Å². The fourth-order valence-electron chi connectivity index (χ4n) is 3.83. The summed E-state index contributed by atoms with van der Waals surface area (Å²) in [6.07, 6.45) is 1.58. The van der Waals surface area contributed by atoms with Crippen LogP contribution < -0.4 is 9.64 Å². The van der Waals surface area contributed by atoms with Crippen molar-refractivity contribution in [3.05, 3.63) is 62.4 Å². The summed E-state index contributed by atoms with van der Waals surface area (Å²) in [4.78, 5) is 23.8. The molecule has 1 aliphatic heterocycles. The first kappa shape index (κ1) is 16.4. The maximum absolute atomic E-state index is 12.0. The van der Waals surface area contributed by atoms with E-state index in [0.29, 0.717) is 18.8 Å². The third kappa shape index (κ3) is 2.52. The highest BCUT2D eigenvalue weighted by molar-refractivity contribution is 5.28. The molecule has 2 aliphatic rings. The second-order valence-corrected chi connectivity index (χ2v) is 6.59. The number of quaternary nitrogens is 1. The molecule has 0 spiro atoms. The van der Waals surface area contributed by atoms with Gasteiger partial charge in [0.25, 0.3) is 5.54 Å². The lowest BCUT2D eigenvalue weighted by molar-refractivity contribution is -0.942. The second-order valence-electron chi connectivity index (χ2n) is 6.59. The molecule has 1 aliphatic carbocycles. The summed E-state index contributed by atoms with van der Waals surface area (Å²) in [5.74, 6) is 0.726. The lowest BCUT2D eigenvalue weighted by Crippen LogP contribution is -3.18. The molecule has 8 heteroatoms. The summed E-state index contributed by atoms with van der Waals surface area (Å²) < 4.78 is 5.81. The highest BCUT2D eigenvalue weighted by atomic mass is 16.6. The Morgan fingerprint density at radius 1 is 1.17 bits per heavy atom. The Kier molecular flexibility index (Phi) is 4.00. The average Bonchev–Trinajstić information content (AvgIpc) is 2.58. The fraction of sp³-hybridized carbons (Fsp3) is 0.500. The van der Waals surface area contributed by atoms with E-state index in [-0.39, 0.29) is 30.1 Å². The Hall–Kier alpha value is -2.48. The molecule has 1 heterocycles. The first-order valence-corrected chi connectivity index (χ1v) is 7.98. The zero-order valence-corrected chi connectivity index (χ0v) is 13.4. The van der Waals surface area contributed by atoms with Crippen molar-refractivity contribution in [1.29, 1.82) is 0 Å². The predicted molar refractivity (Wildman–Crippen MR) is 85.1 cm³/mol. The van der Waals surface area contributed by atoms with Crippen LogP contribution in [0.1, 0.15) is 19.8 Å². The molecule has 3 atom stereocenters. The molecule has 1 saturated heterocycles. The zero-order valence-electron chi connectivity index (χ0n) is 13.4. The van der Waals surface area contributed by atoms with E-state index in [9.17, 15) is 20.2 Å². The molecule has 1 N–H and O–H groups in total. The molecule has 8 nitrogen and oxygen atoms in total. The summed E-state index contributed by atoms with van der Waals surface area (Å²) in [5, 5.41) is 23.6. The number of nitrogens with zero attached hydrogens (tertiary/aromatic N) is 2. The summed E-state index contributed by atoms with van der Waals surface area (Å²) in [7, 11) is 0. The van der Waals surface area contributed by atoms with Crippen molar-refractivity contribution in [1.82, 2.24) is 0 Å². The van der Waals surface area contributed by atoms with Crippen molar-refractivity contribution >= 4 is 0 Å². The molecular formula is C16H20N3O5+. The van der Waals surface area contributed by atoms with E-state index >= 15 is 0 Å². The fourth-order valence-corrected chi connectivity index (χ4v) is 3.83. The van der Waals surface area contributed by atoms with Gasteiger partial charge in [-0.15, -0.1) is 0 Å². The smallest absolute Gasteiger partial charge is 0.332 e. The van der Waals surface area contributed by atoms with Crippen molar-refractivity contribution in [3.8, 4) is 5.75 Å². The highest BCUT2D eigenvalue weighted by Crippen LogP contribution is 2.41. The van der Waals surface area contributed by atoms with Crippen LogP contribution in [0.4, 0.5) is 0 Å². The van der Waals surface area contributed by atoms with Crippen LogP contribution in [0.25, 0.3) is 0 Å². The first-order valence-electron chi connectivity index (χ1n) is 7.98. The van der Waals surface area contributed by atoms with E-state index in [4.69, 9.17) is 4.74 Å². The minimum absolute atomic E-state index is 0.123. The number of rotatable bonds is 5.